The molecule has 1 atom stereocenters. The number of halogens is 1. The van der Waals surface area contributed by atoms with Gasteiger partial charge in [-0.15, -0.1) is 0 Å². The zero-order valence-electron chi connectivity index (χ0n) is 14.5. The third kappa shape index (κ3) is 3.80. The Labute approximate surface area is 150 Å². The van der Waals surface area contributed by atoms with E-state index in [9.17, 15) is 4.79 Å². The maximum Gasteiger partial charge on any atom is 0.262 e. The quantitative estimate of drug-likeness (QED) is 0.703. The molecule has 6 heteroatoms. The van der Waals surface area contributed by atoms with Gasteiger partial charge in [0.15, 0.2) is 0 Å². The number of anilines is 1. The summed E-state index contributed by atoms with van der Waals surface area (Å²) in [5, 5.41) is 6.91. The number of hydrogen-bond donors (Lipinski definition) is 1. The van der Waals surface area contributed by atoms with E-state index in [1.54, 1.807) is 18.2 Å². The minimum absolute atomic E-state index is 0.0494. The maximum atomic E-state index is 12.6. The van der Waals surface area contributed by atoms with Crippen LogP contribution in [0.2, 0.25) is 0 Å². The van der Waals surface area contributed by atoms with Gasteiger partial charge in [-0.1, -0.05) is 38.4 Å². The summed E-state index contributed by atoms with van der Waals surface area (Å²) >= 11 is 3.38. The molecule has 0 aliphatic carbocycles. The Hall–Kier alpha value is -1.82. The highest BCUT2D eigenvalue weighted by Crippen LogP contribution is 2.33. The highest BCUT2D eigenvalue weighted by atomic mass is 79.9. The number of nitrogens with zero attached hydrogens (tertiary/aromatic N) is 1. The highest BCUT2D eigenvalue weighted by molar-refractivity contribution is 9.10. The van der Waals surface area contributed by atoms with Crippen molar-refractivity contribution >= 4 is 27.7 Å². The van der Waals surface area contributed by atoms with Gasteiger partial charge in [0.2, 0.25) is 5.88 Å². The monoisotopic (exact) mass is 394 g/mol. The summed E-state index contributed by atoms with van der Waals surface area (Å²) in [5.74, 6) is 0.519. The first-order valence-electron chi connectivity index (χ1n) is 8.06. The van der Waals surface area contributed by atoms with Crippen LogP contribution in [0.15, 0.2) is 33.3 Å². The van der Waals surface area contributed by atoms with Crippen molar-refractivity contribution in [2.75, 3.05) is 12.4 Å². The molecule has 0 spiro atoms. The number of aromatic nitrogens is 1. The largest absolute Gasteiger partial charge is 0.496 e. The molecule has 5 nitrogen and oxygen atoms in total. The molecule has 1 amide bonds. The Kier molecular flexibility index (Phi) is 6.04. The average Bonchev–Trinajstić information content (AvgIpc) is 3.03. The number of amides is 1. The van der Waals surface area contributed by atoms with E-state index in [4.69, 9.17) is 9.26 Å². The van der Waals surface area contributed by atoms with Gasteiger partial charge in [0.1, 0.15) is 5.75 Å². The van der Waals surface area contributed by atoms with Crippen molar-refractivity contribution in [3.8, 4) is 5.75 Å². The van der Waals surface area contributed by atoms with Gasteiger partial charge in [-0.2, -0.15) is 0 Å². The number of carbonyl (C=O) groups is 1. The lowest BCUT2D eigenvalue weighted by Crippen LogP contribution is -2.20. The van der Waals surface area contributed by atoms with E-state index < -0.39 is 0 Å². The first-order chi connectivity index (χ1) is 11.4. The van der Waals surface area contributed by atoms with Gasteiger partial charge < -0.3 is 9.26 Å². The lowest BCUT2D eigenvalue weighted by atomic mass is 9.80. The Morgan fingerprint density at radius 2 is 2.17 bits per heavy atom. The van der Waals surface area contributed by atoms with E-state index in [-0.39, 0.29) is 11.3 Å². The molecular formula is C18H23BrN2O3. The molecule has 0 saturated carbocycles. The van der Waals surface area contributed by atoms with Crippen molar-refractivity contribution in [2.45, 2.75) is 45.4 Å². The molecule has 2 rings (SSSR count). The van der Waals surface area contributed by atoms with Crippen LogP contribution in [0.5, 0.6) is 5.75 Å². The summed E-state index contributed by atoms with van der Waals surface area (Å²) in [4.78, 5) is 12.6. The topological polar surface area (TPSA) is 64.4 Å². The van der Waals surface area contributed by atoms with Crippen molar-refractivity contribution in [2.24, 2.45) is 0 Å². The molecule has 2 aromatic rings. The standard InChI is InChI=1S/C18H23BrN2O3/c1-5-10-18(3,6-2)14-11-15(24-21-14)20-17(22)16-12(19)8-7-9-13(16)23-4/h7-9,11H,5-6,10H2,1-4H3,(H,20,22). The molecule has 1 N–H and O–H groups in total. The summed E-state index contributed by atoms with van der Waals surface area (Å²) in [6.07, 6.45) is 3.04. The van der Waals surface area contributed by atoms with Gasteiger partial charge in [0, 0.05) is 16.0 Å². The summed E-state index contributed by atoms with van der Waals surface area (Å²) in [7, 11) is 1.53. The van der Waals surface area contributed by atoms with Crippen molar-refractivity contribution in [3.05, 3.63) is 40.0 Å². The Morgan fingerprint density at radius 1 is 1.42 bits per heavy atom. The van der Waals surface area contributed by atoms with E-state index in [1.807, 2.05) is 6.07 Å². The first kappa shape index (κ1) is 18.5. The second-order valence-electron chi connectivity index (χ2n) is 6.01. The molecule has 0 aliphatic heterocycles. The molecule has 1 heterocycles. The van der Waals surface area contributed by atoms with Gasteiger partial charge in [0.25, 0.3) is 5.91 Å². The number of benzene rings is 1. The van der Waals surface area contributed by atoms with Crippen LogP contribution < -0.4 is 10.1 Å². The van der Waals surface area contributed by atoms with Crippen LogP contribution in [0.1, 0.15) is 56.1 Å². The van der Waals surface area contributed by atoms with Crippen LogP contribution in [0.25, 0.3) is 0 Å². The van der Waals surface area contributed by atoms with Crippen molar-refractivity contribution in [3.63, 3.8) is 0 Å². The number of carbonyl (C=O) groups excluding carboxylic acids is 1. The smallest absolute Gasteiger partial charge is 0.262 e. The minimum Gasteiger partial charge on any atom is -0.496 e. The van der Waals surface area contributed by atoms with Crippen LogP contribution in [-0.4, -0.2) is 18.2 Å². The molecule has 0 fully saturated rings. The zero-order valence-corrected chi connectivity index (χ0v) is 16.1. The van der Waals surface area contributed by atoms with Gasteiger partial charge in [0.05, 0.1) is 18.4 Å². The fourth-order valence-corrected chi connectivity index (χ4v) is 3.25. The highest BCUT2D eigenvalue weighted by Gasteiger charge is 2.28. The van der Waals surface area contributed by atoms with Crippen LogP contribution in [-0.2, 0) is 5.41 Å². The lowest BCUT2D eigenvalue weighted by molar-refractivity contribution is 0.102. The van der Waals surface area contributed by atoms with Crippen molar-refractivity contribution in [1.82, 2.24) is 5.16 Å². The minimum atomic E-state index is -0.310. The van der Waals surface area contributed by atoms with Crippen LogP contribution >= 0.6 is 15.9 Å². The SMILES string of the molecule is CCCC(C)(CC)c1cc(NC(=O)c2c(Br)cccc2OC)on1. The van der Waals surface area contributed by atoms with E-state index in [1.165, 1.54) is 7.11 Å². The third-order valence-corrected chi connectivity index (χ3v) is 5.03. The molecule has 130 valence electrons. The predicted molar refractivity (Wildman–Crippen MR) is 97.7 cm³/mol. The molecule has 0 bridgehead atoms. The Balaban J connectivity index is 2.23. The lowest BCUT2D eigenvalue weighted by Gasteiger charge is -2.24. The van der Waals surface area contributed by atoms with Crippen LogP contribution in [0.3, 0.4) is 0 Å². The van der Waals surface area contributed by atoms with E-state index in [0.717, 1.165) is 25.0 Å². The number of rotatable bonds is 7. The first-order valence-corrected chi connectivity index (χ1v) is 8.85. The molecule has 0 saturated heterocycles. The fourth-order valence-electron chi connectivity index (χ4n) is 2.73. The Morgan fingerprint density at radius 3 is 2.79 bits per heavy atom. The molecule has 1 aromatic carbocycles. The normalized spacial score (nSPS) is 13.4. The Bertz CT molecular complexity index is 714. The second-order valence-corrected chi connectivity index (χ2v) is 6.87. The molecular weight excluding hydrogens is 372 g/mol. The van der Waals surface area contributed by atoms with E-state index in [0.29, 0.717) is 21.7 Å². The molecule has 1 aromatic heterocycles. The number of nitrogens with one attached hydrogen (secondary N) is 1. The van der Waals surface area contributed by atoms with Crippen LogP contribution in [0.4, 0.5) is 5.88 Å². The van der Waals surface area contributed by atoms with Crippen LogP contribution in [0, 0.1) is 0 Å². The van der Waals surface area contributed by atoms with E-state index >= 15 is 0 Å². The van der Waals surface area contributed by atoms with Gasteiger partial charge in [-0.05, 0) is 40.9 Å². The van der Waals surface area contributed by atoms with Crippen molar-refractivity contribution in [1.29, 1.82) is 0 Å². The maximum absolute atomic E-state index is 12.6. The number of hydrogen-bond acceptors (Lipinski definition) is 4. The second kappa shape index (κ2) is 7.83. The van der Waals surface area contributed by atoms with Crippen molar-refractivity contribution < 1.29 is 14.1 Å². The molecule has 24 heavy (non-hydrogen) atoms. The average molecular weight is 395 g/mol. The number of methoxy groups -OCH3 is 1. The zero-order chi connectivity index (χ0) is 17.7. The molecule has 1 unspecified atom stereocenters. The number of ether oxygens (including phenoxy) is 1. The molecule has 0 aliphatic rings. The summed E-state index contributed by atoms with van der Waals surface area (Å²) in [6.45, 7) is 6.45. The molecule has 0 radical (unpaired) electrons. The van der Waals surface area contributed by atoms with Gasteiger partial charge in [-0.3, -0.25) is 10.1 Å². The van der Waals surface area contributed by atoms with Gasteiger partial charge >= 0.3 is 0 Å². The fraction of sp³-hybridized carbons (Fsp3) is 0.444. The van der Waals surface area contributed by atoms with E-state index in [2.05, 4.69) is 47.2 Å². The summed E-state index contributed by atoms with van der Waals surface area (Å²) in [5.41, 5.74) is 1.23. The van der Waals surface area contributed by atoms with Gasteiger partial charge in [-0.25, -0.2) is 0 Å². The summed E-state index contributed by atoms with van der Waals surface area (Å²) < 4.78 is 11.2. The summed E-state index contributed by atoms with van der Waals surface area (Å²) in [6, 6.07) is 7.14. The third-order valence-electron chi connectivity index (χ3n) is 4.37. The predicted octanol–water partition coefficient (Wildman–Crippen LogP) is 5.17.